The standard InChI is InChI=1S/C12H13NO2S/c1-15-12(14)10-7-8-11(16)13(10)9-5-3-2-4-6-9/h2-6,10H,7-8H2,1H3. The van der Waals surface area contributed by atoms with Crippen molar-refractivity contribution < 1.29 is 9.53 Å². The van der Waals surface area contributed by atoms with Gasteiger partial charge in [0.2, 0.25) is 0 Å². The molecule has 0 saturated carbocycles. The number of carbonyl (C=O) groups excluding carboxylic acids is 1. The summed E-state index contributed by atoms with van der Waals surface area (Å²) < 4.78 is 4.79. The molecule has 3 nitrogen and oxygen atoms in total. The molecule has 1 aromatic carbocycles. The van der Waals surface area contributed by atoms with Gasteiger partial charge < -0.3 is 9.64 Å². The quantitative estimate of drug-likeness (QED) is 0.580. The molecule has 1 aromatic rings. The highest BCUT2D eigenvalue weighted by Gasteiger charge is 2.35. The van der Waals surface area contributed by atoms with Gasteiger partial charge in [-0.3, -0.25) is 0 Å². The third-order valence-electron chi connectivity index (χ3n) is 2.72. The Balaban J connectivity index is 2.30. The topological polar surface area (TPSA) is 29.5 Å². The second-order valence-corrected chi connectivity index (χ2v) is 4.15. The third kappa shape index (κ3) is 1.93. The lowest BCUT2D eigenvalue weighted by atomic mass is 10.2. The minimum absolute atomic E-state index is 0.219. The first-order valence-corrected chi connectivity index (χ1v) is 5.60. The third-order valence-corrected chi connectivity index (χ3v) is 3.12. The molecule has 0 bridgehead atoms. The molecule has 1 unspecified atom stereocenters. The van der Waals surface area contributed by atoms with E-state index in [1.807, 2.05) is 35.2 Å². The largest absolute Gasteiger partial charge is 0.467 e. The lowest BCUT2D eigenvalue weighted by molar-refractivity contribution is -0.141. The van der Waals surface area contributed by atoms with Crippen molar-refractivity contribution in [1.82, 2.24) is 0 Å². The Morgan fingerprint density at radius 2 is 2.12 bits per heavy atom. The number of thiocarbonyl (C=S) groups is 1. The molecule has 1 fully saturated rings. The van der Waals surface area contributed by atoms with Crippen molar-refractivity contribution in [3.05, 3.63) is 30.3 Å². The van der Waals surface area contributed by atoms with E-state index in [0.29, 0.717) is 0 Å². The van der Waals surface area contributed by atoms with Crippen LogP contribution >= 0.6 is 12.2 Å². The number of benzene rings is 1. The molecule has 1 atom stereocenters. The molecule has 0 aromatic heterocycles. The zero-order valence-electron chi connectivity index (χ0n) is 9.05. The molecule has 0 radical (unpaired) electrons. The van der Waals surface area contributed by atoms with Gasteiger partial charge in [0.25, 0.3) is 0 Å². The van der Waals surface area contributed by atoms with Gasteiger partial charge in [0.1, 0.15) is 6.04 Å². The molecule has 0 N–H and O–H groups in total. The maximum absolute atomic E-state index is 11.6. The summed E-state index contributed by atoms with van der Waals surface area (Å²) in [7, 11) is 1.41. The lowest BCUT2D eigenvalue weighted by Gasteiger charge is -2.24. The maximum Gasteiger partial charge on any atom is 0.328 e. The molecular formula is C12H13NO2S. The molecule has 84 valence electrons. The zero-order valence-corrected chi connectivity index (χ0v) is 9.87. The van der Waals surface area contributed by atoms with Crippen molar-refractivity contribution >= 4 is 28.9 Å². The van der Waals surface area contributed by atoms with Crippen LogP contribution in [0.25, 0.3) is 0 Å². The zero-order chi connectivity index (χ0) is 11.5. The van der Waals surface area contributed by atoms with E-state index in [2.05, 4.69) is 0 Å². The molecule has 1 saturated heterocycles. The van der Waals surface area contributed by atoms with Crippen LogP contribution in [0.2, 0.25) is 0 Å². The SMILES string of the molecule is COC(=O)C1CCC(=S)N1c1ccccc1. The van der Waals surface area contributed by atoms with Crippen molar-refractivity contribution in [3.8, 4) is 0 Å². The number of para-hydroxylation sites is 1. The van der Waals surface area contributed by atoms with Crippen LogP contribution in [0.3, 0.4) is 0 Å². The molecule has 0 spiro atoms. The Bertz CT molecular complexity index is 405. The predicted octanol–water partition coefficient (Wildman–Crippen LogP) is 2.16. The number of carbonyl (C=O) groups is 1. The van der Waals surface area contributed by atoms with Crippen molar-refractivity contribution in [2.75, 3.05) is 12.0 Å². The minimum Gasteiger partial charge on any atom is -0.467 e. The molecule has 0 amide bonds. The number of anilines is 1. The number of esters is 1. The van der Waals surface area contributed by atoms with E-state index in [0.717, 1.165) is 23.5 Å². The van der Waals surface area contributed by atoms with Crippen LogP contribution in [0.4, 0.5) is 5.69 Å². The number of nitrogens with zero attached hydrogens (tertiary/aromatic N) is 1. The molecule has 1 heterocycles. The summed E-state index contributed by atoms with van der Waals surface area (Å²) in [6, 6.07) is 9.45. The maximum atomic E-state index is 11.6. The fraction of sp³-hybridized carbons (Fsp3) is 0.333. The molecule has 1 aliphatic heterocycles. The van der Waals surface area contributed by atoms with Crippen molar-refractivity contribution in [1.29, 1.82) is 0 Å². The van der Waals surface area contributed by atoms with E-state index in [9.17, 15) is 4.79 Å². The van der Waals surface area contributed by atoms with E-state index >= 15 is 0 Å². The Morgan fingerprint density at radius 3 is 2.75 bits per heavy atom. The van der Waals surface area contributed by atoms with Crippen LogP contribution in [0.5, 0.6) is 0 Å². The van der Waals surface area contributed by atoms with Gasteiger partial charge in [0, 0.05) is 12.1 Å². The van der Waals surface area contributed by atoms with Crippen molar-refractivity contribution in [3.63, 3.8) is 0 Å². The smallest absolute Gasteiger partial charge is 0.328 e. The first-order chi connectivity index (χ1) is 7.74. The second-order valence-electron chi connectivity index (χ2n) is 3.68. The van der Waals surface area contributed by atoms with Crippen LogP contribution in [0.1, 0.15) is 12.8 Å². The second kappa shape index (κ2) is 4.61. The summed E-state index contributed by atoms with van der Waals surface area (Å²) in [5, 5.41) is 0. The van der Waals surface area contributed by atoms with E-state index in [1.165, 1.54) is 7.11 Å². The number of ether oxygens (including phenoxy) is 1. The Labute approximate surface area is 100 Å². The summed E-state index contributed by atoms with van der Waals surface area (Å²) in [4.78, 5) is 14.3. The summed E-state index contributed by atoms with van der Waals surface area (Å²) >= 11 is 5.28. The molecule has 1 aliphatic rings. The van der Waals surface area contributed by atoms with Gasteiger partial charge >= 0.3 is 5.97 Å². The Hall–Kier alpha value is -1.42. The van der Waals surface area contributed by atoms with Gasteiger partial charge in [-0.25, -0.2) is 4.79 Å². The van der Waals surface area contributed by atoms with Crippen LogP contribution in [0.15, 0.2) is 30.3 Å². The fourth-order valence-corrected chi connectivity index (χ4v) is 2.31. The van der Waals surface area contributed by atoms with Gasteiger partial charge in [0.05, 0.1) is 12.1 Å². The molecular weight excluding hydrogens is 222 g/mol. The predicted molar refractivity (Wildman–Crippen MR) is 66.6 cm³/mol. The van der Waals surface area contributed by atoms with Crippen molar-refractivity contribution in [2.24, 2.45) is 0 Å². The first-order valence-electron chi connectivity index (χ1n) is 5.19. The van der Waals surface area contributed by atoms with E-state index in [-0.39, 0.29) is 12.0 Å². The van der Waals surface area contributed by atoms with Crippen LogP contribution in [-0.4, -0.2) is 24.1 Å². The van der Waals surface area contributed by atoms with Gasteiger partial charge in [-0.05, 0) is 18.6 Å². The van der Waals surface area contributed by atoms with E-state index < -0.39 is 0 Å². The highest BCUT2D eigenvalue weighted by molar-refractivity contribution is 7.80. The van der Waals surface area contributed by atoms with Crippen LogP contribution in [0, 0.1) is 0 Å². The summed E-state index contributed by atoms with van der Waals surface area (Å²) in [6.07, 6.45) is 1.50. The molecule has 4 heteroatoms. The summed E-state index contributed by atoms with van der Waals surface area (Å²) in [5.41, 5.74) is 0.959. The summed E-state index contributed by atoms with van der Waals surface area (Å²) in [6.45, 7) is 0. The highest BCUT2D eigenvalue weighted by atomic mass is 32.1. The normalized spacial score (nSPS) is 19.9. The average molecular weight is 235 g/mol. The number of hydrogen-bond donors (Lipinski definition) is 0. The summed E-state index contributed by atoms with van der Waals surface area (Å²) in [5.74, 6) is -0.219. The lowest BCUT2D eigenvalue weighted by Crippen LogP contribution is -2.38. The minimum atomic E-state index is -0.264. The number of methoxy groups -OCH3 is 1. The first kappa shape index (κ1) is 11.1. The molecule has 2 rings (SSSR count). The van der Waals surface area contributed by atoms with Gasteiger partial charge in [0.15, 0.2) is 0 Å². The van der Waals surface area contributed by atoms with Gasteiger partial charge in [-0.1, -0.05) is 30.4 Å². The Kier molecular flexibility index (Phi) is 3.19. The fourth-order valence-electron chi connectivity index (χ4n) is 1.96. The number of hydrogen-bond acceptors (Lipinski definition) is 3. The molecule has 0 aliphatic carbocycles. The van der Waals surface area contributed by atoms with Crippen LogP contribution < -0.4 is 4.90 Å². The monoisotopic (exact) mass is 235 g/mol. The molecule has 16 heavy (non-hydrogen) atoms. The Morgan fingerprint density at radius 1 is 1.44 bits per heavy atom. The van der Waals surface area contributed by atoms with Crippen molar-refractivity contribution in [2.45, 2.75) is 18.9 Å². The van der Waals surface area contributed by atoms with E-state index in [1.54, 1.807) is 0 Å². The average Bonchev–Trinajstić information content (AvgIpc) is 2.71. The van der Waals surface area contributed by atoms with Crippen LogP contribution in [-0.2, 0) is 9.53 Å². The van der Waals surface area contributed by atoms with Gasteiger partial charge in [-0.15, -0.1) is 0 Å². The highest BCUT2D eigenvalue weighted by Crippen LogP contribution is 2.27. The number of rotatable bonds is 2. The van der Waals surface area contributed by atoms with Gasteiger partial charge in [-0.2, -0.15) is 0 Å². The van der Waals surface area contributed by atoms with E-state index in [4.69, 9.17) is 17.0 Å².